The summed E-state index contributed by atoms with van der Waals surface area (Å²) < 4.78 is 5.57. The van der Waals surface area contributed by atoms with Gasteiger partial charge in [-0.15, -0.1) is 0 Å². The number of likely N-dealkylation sites (N-methyl/N-ethyl adjacent to an activating group) is 1. The van der Waals surface area contributed by atoms with Crippen molar-refractivity contribution in [1.29, 1.82) is 0 Å². The van der Waals surface area contributed by atoms with E-state index in [1.165, 1.54) is 7.05 Å². The van der Waals surface area contributed by atoms with Gasteiger partial charge in [-0.25, -0.2) is 4.79 Å². The maximum atomic E-state index is 12.3. The molecule has 1 aromatic rings. The minimum absolute atomic E-state index is 0.365. The second-order valence-electron chi connectivity index (χ2n) is 4.57. The fourth-order valence-corrected chi connectivity index (χ4v) is 2.61. The highest BCUT2D eigenvalue weighted by Crippen LogP contribution is 2.16. The molecule has 0 fully saturated rings. The zero-order valence-electron chi connectivity index (χ0n) is 12.9. The molecule has 0 spiro atoms. The number of hydrogen-bond acceptors (Lipinski definition) is 5. The number of thioether (sulfide) groups is 1. The summed E-state index contributed by atoms with van der Waals surface area (Å²) >= 11 is 4.86. The number of esters is 1. The van der Waals surface area contributed by atoms with Crippen LogP contribution in [0.3, 0.4) is 0 Å². The fraction of sp³-hybridized carbons (Fsp3) is 0.400. The first kappa shape index (κ1) is 19.5. The van der Waals surface area contributed by atoms with Crippen LogP contribution in [0.2, 0.25) is 0 Å². The SMILES string of the molecule is CNC(=O)COC(=O)[C@@H](CCSC)NC(=O)c1ccccc1Br. The Labute approximate surface area is 147 Å². The number of benzene rings is 1. The summed E-state index contributed by atoms with van der Waals surface area (Å²) in [6, 6.07) is 6.13. The van der Waals surface area contributed by atoms with E-state index in [0.717, 1.165) is 0 Å². The molecule has 8 heteroatoms. The van der Waals surface area contributed by atoms with Crippen LogP contribution < -0.4 is 10.6 Å². The first-order valence-corrected chi connectivity index (χ1v) is 9.09. The maximum Gasteiger partial charge on any atom is 0.329 e. The Bertz CT molecular complexity index is 568. The van der Waals surface area contributed by atoms with Crippen LogP contribution in [0, 0.1) is 0 Å². The van der Waals surface area contributed by atoms with Crippen molar-refractivity contribution in [3.05, 3.63) is 34.3 Å². The van der Waals surface area contributed by atoms with Crippen molar-refractivity contribution < 1.29 is 19.1 Å². The van der Waals surface area contributed by atoms with E-state index >= 15 is 0 Å². The smallest absolute Gasteiger partial charge is 0.329 e. The average Bonchev–Trinajstić information content (AvgIpc) is 2.56. The molecule has 0 bridgehead atoms. The van der Waals surface area contributed by atoms with Crippen LogP contribution >= 0.6 is 27.7 Å². The molecule has 126 valence electrons. The van der Waals surface area contributed by atoms with E-state index in [9.17, 15) is 14.4 Å². The predicted molar refractivity (Wildman–Crippen MR) is 93.4 cm³/mol. The molecule has 2 N–H and O–H groups in total. The Kier molecular flexibility index (Phi) is 8.71. The van der Waals surface area contributed by atoms with Gasteiger partial charge in [-0.2, -0.15) is 11.8 Å². The molecule has 1 rings (SSSR count). The van der Waals surface area contributed by atoms with E-state index in [-0.39, 0.29) is 12.5 Å². The van der Waals surface area contributed by atoms with Crippen LogP contribution in [0.5, 0.6) is 0 Å². The topological polar surface area (TPSA) is 84.5 Å². The Hall–Kier alpha value is -1.54. The lowest BCUT2D eigenvalue weighted by Gasteiger charge is -2.17. The molecule has 0 saturated heterocycles. The predicted octanol–water partition coefficient (Wildman–Crippen LogP) is 1.59. The summed E-state index contributed by atoms with van der Waals surface area (Å²) in [6.45, 7) is -0.365. The molecule has 0 radical (unpaired) electrons. The van der Waals surface area contributed by atoms with Crippen molar-refractivity contribution in [2.75, 3.05) is 25.7 Å². The van der Waals surface area contributed by atoms with Crippen molar-refractivity contribution in [1.82, 2.24) is 10.6 Å². The molecular weight excluding hydrogens is 384 g/mol. The molecular formula is C15H19BrN2O4S. The Morgan fingerprint density at radius 2 is 2.00 bits per heavy atom. The normalized spacial score (nSPS) is 11.4. The number of nitrogens with one attached hydrogen (secondary N) is 2. The second-order valence-corrected chi connectivity index (χ2v) is 6.41. The van der Waals surface area contributed by atoms with Crippen molar-refractivity contribution in [3.63, 3.8) is 0 Å². The number of rotatable bonds is 8. The van der Waals surface area contributed by atoms with E-state index < -0.39 is 17.9 Å². The molecule has 0 aliphatic carbocycles. The monoisotopic (exact) mass is 402 g/mol. The van der Waals surface area contributed by atoms with Crippen LogP contribution in [-0.2, 0) is 14.3 Å². The number of halogens is 1. The van der Waals surface area contributed by atoms with Gasteiger partial charge < -0.3 is 15.4 Å². The van der Waals surface area contributed by atoms with Gasteiger partial charge in [0.15, 0.2) is 6.61 Å². The third-order valence-electron chi connectivity index (χ3n) is 2.94. The van der Waals surface area contributed by atoms with Crippen LogP contribution in [-0.4, -0.2) is 49.5 Å². The Morgan fingerprint density at radius 3 is 2.61 bits per heavy atom. The van der Waals surface area contributed by atoms with E-state index in [0.29, 0.717) is 22.2 Å². The third-order valence-corrected chi connectivity index (χ3v) is 4.28. The molecule has 0 heterocycles. The fourth-order valence-electron chi connectivity index (χ4n) is 1.68. The third kappa shape index (κ3) is 6.62. The van der Waals surface area contributed by atoms with Crippen molar-refractivity contribution in [2.45, 2.75) is 12.5 Å². The zero-order chi connectivity index (χ0) is 17.2. The van der Waals surface area contributed by atoms with Gasteiger partial charge in [-0.1, -0.05) is 12.1 Å². The van der Waals surface area contributed by atoms with Gasteiger partial charge in [0.1, 0.15) is 6.04 Å². The lowest BCUT2D eigenvalue weighted by Crippen LogP contribution is -2.43. The van der Waals surface area contributed by atoms with Gasteiger partial charge in [-0.3, -0.25) is 9.59 Å². The largest absolute Gasteiger partial charge is 0.454 e. The van der Waals surface area contributed by atoms with E-state index in [1.54, 1.807) is 36.0 Å². The van der Waals surface area contributed by atoms with Gasteiger partial charge >= 0.3 is 5.97 Å². The first-order chi connectivity index (χ1) is 11.0. The highest BCUT2D eigenvalue weighted by atomic mass is 79.9. The summed E-state index contributed by atoms with van der Waals surface area (Å²) in [5.41, 5.74) is 0.431. The molecule has 1 atom stereocenters. The second kappa shape index (κ2) is 10.3. The molecule has 1 aromatic carbocycles. The number of amides is 2. The number of ether oxygens (including phenoxy) is 1. The van der Waals surface area contributed by atoms with Crippen molar-refractivity contribution in [3.8, 4) is 0 Å². The minimum Gasteiger partial charge on any atom is -0.454 e. The molecule has 0 saturated carbocycles. The number of hydrogen-bond donors (Lipinski definition) is 2. The standard InChI is InChI=1S/C15H19BrN2O4S/c1-17-13(19)9-22-15(21)12(7-8-23-2)18-14(20)10-5-3-4-6-11(10)16/h3-6,12H,7-9H2,1-2H3,(H,17,19)(H,18,20)/t12-/m1/s1. The van der Waals surface area contributed by atoms with E-state index in [1.807, 2.05) is 6.26 Å². The molecule has 0 aromatic heterocycles. The van der Waals surface area contributed by atoms with Crippen molar-refractivity contribution in [2.24, 2.45) is 0 Å². The summed E-state index contributed by atoms with van der Waals surface area (Å²) in [6.07, 6.45) is 2.33. The molecule has 0 unspecified atom stereocenters. The zero-order valence-corrected chi connectivity index (χ0v) is 15.3. The van der Waals surface area contributed by atoms with E-state index in [2.05, 4.69) is 26.6 Å². The Balaban J connectivity index is 2.73. The summed E-state index contributed by atoms with van der Waals surface area (Å²) in [5, 5.41) is 5.02. The lowest BCUT2D eigenvalue weighted by atomic mass is 10.1. The first-order valence-electron chi connectivity index (χ1n) is 6.91. The molecule has 0 aliphatic heterocycles. The average molecular weight is 403 g/mol. The highest BCUT2D eigenvalue weighted by molar-refractivity contribution is 9.10. The molecule has 2 amide bonds. The number of carbonyl (C=O) groups is 3. The van der Waals surface area contributed by atoms with Crippen LogP contribution in [0.25, 0.3) is 0 Å². The van der Waals surface area contributed by atoms with Gasteiger partial charge in [0.25, 0.3) is 11.8 Å². The summed E-state index contributed by atoms with van der Waals surface area (Å²) in [7, 11) is 1.45. The highest BCUT2D eigenvalue weighted by Gasteiger charge is 2.23. The van der Waals surface area contributed by atoms with Gasteiger partial charge in [-0.05, 0) is 46.5 Å². The molecule has 6 nitrogen and oxygen atoms in total. The quantitative estimate of drug-likeness (QED) is 0.644. The van der Waals surface area contributed by atoms with E-state index in [4.69, 9.17) is 4.74 Å². The van der Waals surface area contributed by atoms with Crippen LogP contribution in [0.1, 0.15) is 16.8 Å². The van der Waals surface area contributed by atoms with Crippen LogP contribution in [0.4, 0.5) is 0 Å². The number of carbonyl (C=O) groups excluding carboxylic acids is 3. The maximum absolute atomic E-state index is 12.3. The van der Waals surface area contributed by atoms with Gasteiger partial charge in [0.2, 0.25) is 0 Å². The Morgan fingerprint density at radius 1 is 1.30 bits per heavy atom. The summed E-state index contributed by atoms with van der Waals surface area (Å²) in [5.74, 6) is -0.724. The van der Waals surface area contributed by atoms with Crippen molar-refractivity contribution >= 4 is 45.5 Å². The molecule has 23 heavy (non-hydrogen) atoms. The molecule has 0 aliphatic rings. The lowest BCUT2D eigenvalue weighted by molar-refractivity contribution is -0.150. The summed E-state index contributed by atoms with van der Waals surface area (Å²) in [4.78, 5) is 35.5. The van der Waals surface area contributed by atoms with Crippen LogP contribution in [0.15, 0.2) is 28.7 Å². The van der Waals surface area contributed by atoms with Gasteiger partial charge in [0.05, 0.1) is 5.56 Å². The minimum atomic E-state index is -0.799. The van der Waals surface area contributed by atoms with Gasteiger partial charge in [0, 0.05) is 11.5 Å².